The molecule has 0 aromatic heterocycles. The summed E-state index contributed by atoms with van der Waals surface area (Å²) in [6.45, 7) is 4.87. The van der Waals surface area contributed by atoms with Gasteiger partial charge in [0.15, 0.2) is 0 Å². The van der Waals surface area contributed by atoms with Gasteiger partial charge in [-0.15, -0.1) is 0 Å². The molecule has 0 spiro atoms. The van der Waals surface area contributed by atoms with Gasteiger partial charge in [-0.1, -0.05) is 12.1 Å². The predicted octanol–water partition coefficient (Wildman–Crippen LogP) is 2.25. The van der Waals surface area contributed by atoms with Gasteiger partial charge in [0.05, 0.1) is 5.69 Å². The number of para-hydroxylation sites is 1. The van der Waals surface area contributed by atoms with Crippen molar-refractivity contribution in [3.63, 3.8) is 0 Å². The number of nitrogen functional groups attached to an aromatic ring is 1. The zero-order valence-corrected chi connectivity index (χ0v) is 8.92. The maximum atomic E-state index is 13.1. The highest BCUT2D eigenvalue weighted by atomic mass is 19.1. The van der Waals surface area contributed by atoms with Crippen molar-refractivity contribution >= 4 is 5.69 Å². The summed E-state index contributed by atoms with van der Waals surface area (Å²) >= 11 is 0. The summed E-state index contributed by atoms with van der Waals surface area (Å²) in [6.07, 6.45) is 0. The SMILES string of the molecule is CC(C)N(C)Cc1cccc(F)c1N. The highest BCUT2D eigenvalue weighted by molar-refractivity contribution is 5.47. The zero-order chi connectivity index (χ0) is 10.7. The third-order valence-corrected chi connectivity index (χ3v) is 2.44. The first-order chi connectivity index (χ1) is 6.52. The van der Waals surface area contributed by atoms with E-state index in [4.69, 9.17) is 5.73 Å². The van der Waals surface area contributed by atoms with Gasteiger partial charge in [0.1, 0.15) is 5.82 Å². The van der Waals surface area contributed by atoms with Crippen molar-refractivity contribution in [2.24, 2.45) is 0 Å². The van der Waals surface area contributed by atoms with Crippen LogP contribution in [0.15, 0.2) is 18.2 Å². The van der Waals surface area contributed by atoms with Crippen LogP contribution in [0.3, 0.4) is 0 Å². The lowest BCUT2D eigenvalue weighted by Crippen LogP contribution is -2.26. The minimum absolute atomic E-state index is 0.264. The number of rotatable bonds is 3. The molecule has 1 aromatic carbocycles. The molecule has 78 valence electrons. The van der Waals surface area contributed by atoms with Crippen LogP contribution in [-0.4, -0.2) is 18.0 Å². The van der Waals surface area contributed by atoms with Gasteiger partial charge in [-0.05, 0) is 32.5 Å². The van der Waals surface area contributed by atoms with Crippen LogP contribution in [0.25, 0.3) is 0 Å². The second-order valence-corrected chi connectivity index (χ2v) is 3.82. The van der Waals surface area contributed by atoms with Crippen LogP contribution in [0.5, 0.6) is 0 Å². The largest absolute Gasteiger partial charge is 0.396 e. The van der Waals surface area contributed by atoms with Gasteiger partial charge < -0.3 is 5.73 Å². The Labute approximate surface area is 84.5 Å². The summed E-state index contributed by atoms with van der Waals surface area (Å²) in [5, 5.41) is 0. The minimum Gasteiger partial charge on any atom is -0.396 e. The monoisotopic (exact) mass is 196 g/mol. The molecule has 0 heterocycles. The van der Waals surface area contributed by atoms with Gasteiger partial charge in [0.2, 0.25) is 0 Å². The lowest BCUT2D eigenvalue weighted by atomic mass is 10.1. The summed E-state index contributed by atoms with van der Waals surface area (Å²) < 4.78 is 13.1. The Kier molecular flexibility index (Phi) is 3.47. The molecule has 0 amide bonds. The van der Waals surface area contributed by atoms with Gasteiger partial charge in [0.25, 0.3) is 0 Å². The first-order valence-electron chi connectivity index (χ1n) is 4.75. The highest BCUT2D eigenvalue weighted by Gasteiger charge is 2.08. The molecule has 0 aliphatic carbocycles. The number of nitrogens with two attached hydrogens (primary N) is 1. The fourth-order valence-corrected chi connectivity index (χ4v) is 1.17. The summed E-state index contributed by atoms with van der Waals surface area (Å²) in [4.78, 5) is 2.12. The Morgan fingerprint density at radius 3 is 2.64 bits per heavy atom. The Morgan fingerprint density at radius 1 is 1.43 bits per heavy atom. The molecule has 2 N–H and O–H groups in total. The summed E-state index contributed by atoms with van der Waals surface area (Å²) in [5.74, 6) is -0.334. The maximum Gasteiger partial charge on any atom is 0.146 e. The maximum absolute atomic E-state index is 13.1. The van der Waals surface area contributed by atoms with Gasteiger partial charge in [-0.3, -0.25) is 4.90 Å². The Bertz CT molecular complexity index is 310. The van der Waals surface area contributed by atoms with Crippen LogP contribution in [0.4, 0.5) is 10.1 Å². The van der Waals surface area contributed by atoms with Gasteiger partial charge in [0, 0.05) is 12.6 Å². The molecule has 0 unspecified atom stereocenters. The Hall–Kier alpha value is -1.09. The third kappa shape index (κ3) is 2.45. The summed E-state index contributed by atoms with van der Waals surface area (Å²) in [5.41, 5.74) is 6.74. The van der Waals surface area contributed by atoms with Crippen LogP contribution < -0.4 is 5.73 Å². The number of benzene rings is 1. The molecule has 1 aromatic rings. The lowest BCUT2D eigenvalue weighted by molar-refractivity contribution is 0.266. The number of nitrogens with zero attached hydrogens (tertiary/aromatic N) is 1. The number of anilines is 1. The molecule has 0 aliphatic heterocycles. The number of halogens is 1. The van der Waals surface area contributed by atoms with Gasteiger partial charge in [-0.2, -0.15) is 0 Å². The lowest BCUT2D eigenvalue weighted by Gasteiger charge is -2.21. The van der Waals surface area contributed by atoms with Crippen molar-refractivity contribution < 1.29 is 4.39 Å². The normalized spacial score (nSPS) is 11.3. The van der Waals surface area contributed by atoms with Gasteiger partial charge >= 0.3 is 0 Å². The highest BCUT2D eigenvalue weighted by Crippen LogP contribution is 2.17. The van der Waals surface area contributed by atoms with E-state index in [0.29, 0.717) is 12.6 Å². The molecule has 3 heteroatoms. The molecule has 14 heavy (non-hydrogen) atoms. The first-order valence-corrected chi connectivity index (χ1v) is 4.75. The molecular weight excluding hydrogens is 179 g/mol. The zero-order valence-electron chi connectivity index (χ0n) is 8.92. The number of hydrogen-bond acceptors (Lipinski definition) is 2. The Balaban J connectivity index is 2.82. The first kappa shape index (κ1) is 11.0. The van der Waals surface area contributed by atoms with Crippen LogP contribution in [0, 0.1) is 5.82 Å². The second-order valence-electron chi connectivity index (χ2n) is 3.82. The van der Waals surface area contributed by atoms with Crippen LogP contribution >= 0.6 is 0 Å². The quantitative estimate of drug-likeness (QED) is 0.751. The molecule has 0 atom stereocenters. The van der Waals surface area contributed by atoms with E-state index in [0.717, 1.165) is 5.56 Å². The van der Waals surface area contributed by atoms with E-state index in [9.17, 15) is 4.39 Å². The molecule has 0 saturated heterocycles. The topological polar surface area (TPSA) is 29.3 Å². The smallest absolute Gasteiger partial charge is 0.146 e. The standard InChI is InChI=1S/C11H17FN2/c1-8(2)14(3)7-9-5-4-6-10(12)11(9)13/h4-6,8H,7,13H2,1-3H3. The fraction of sp³-hybridized carbons (Fsp3) is 0.455. The van der Waals surface area contributed by atoms with E-state index in [1.807, 2.05) is 13.1 Å². The van der Waals surface area contributed by atoms with Crippen LogP contribution in [0.2, 0.25) is 0 Å². The van der Waals surface area contributed by atoms with E-state index in [-0.39, 0.29) is 11.5 Å². The van der Waals surface area contributed by atoms with Crippen molar-refractivity contribution in [1.82, 2.24) is 4.90 Å². The molecule has 0 aliphatic rings. The van der Waals surface area contributed by atoms with E-state index < -0.39 is 0 Å². The molecule has 0 fully saturated rings. The minimum atomic E-state index is -0.334. The molecule has 0 radical (unpaired) electrons. The van der Waals surface area contributed by atoms with Crippen molar-refractivity contribution in [2.75, 3.05) is 12.8 Å². The summed E-state index contributed by atoms with van der Waals surface area (Å²) in [6, 6.07) is 5.36. The molecular formula is C11H17FN2. The average Bonchev–Trinajstić information content (AvgIpc) is 2.12. The fourth-order valence-electron chi connectivity index (χ4n) is 1.17. The van der Waals surface area contributed by atoms with Gasteiger partial charge in [-0.25, -0.2) is 4.39 Å². The van der Waals surface area contributed by atoms with Crippen molar-refractivity contribution in [3.8, 4) is 0 Å². The van der Waals surface area contributed by atoms with Crippen molar-refractivity contribution in [3.05, 3.63) is 29.6 Å². The third-order valence-electron chi connectivity index (χ3n) is 2.44. The van der Waals surface area contributed by atoms with Crippen molar-refractivity contribution in [2.45, 2.75) is 26.4 Å². The van der Waals surface area contributed by atoms with E-state index in [1.165, 1.54) is 6.07 Å². The van der Waals surface area contributed by atoms with Crippen LogP contribution in [-0.2, 0) is 6.54 Å². The molecule has 0 bridgehead atoms. The molecule has 0 saturated carbocycles. The average molecular weight is 196 g/mol. The number of hydrogen-bond donors (Lipinski definition) is 1. The summed E-state index contributed by atoms with van der Waals surface area (Å²) in [7, 11) is 2.00. The predicted molar refractivity (Wildman–Crippen MR) is 57.4 cm³/mol. The second kappa shape index (κ2) is 4.42. The molecule has 2 nitrogen and oxygen atoms in total. The molecule has 1 rings (SSSR count). The van der Waals surface area contributed by atoms with E-state index in [2.05, 4.69) is 18.7 Å². The van der Waals surface area contributed by atoms with Crippen molar-refractivity contribution in [1.29, 1.82) is 0 Å². The van der Waals surface area contributed by atoms with E-state index >= 15 is 0 Å². The van der Waals surface area contributed by atoms with E-state index in [1.54, 1.807) is 6.07 Å². The van der Waals surface area contributed by atoms with Crippen LogP contribution in [0.1, 0.15) is 19.4 Å². The Morgan fingerprint density at radius 2 is 2.07 bits per heavy atom.